The lowest BCUT2D eigenvalue weighted by Gasteiger charge is -2.11. The van der Waals surface area contributed by atoms with Crippen molar-refractivity contribution in [3.63, 3.8) is 0 Å². The summed E-state index contributed by atoms with van der Waals surface area (Å²) < 4.78 is 0. The van der Waals surface area contributed by atoms with E-state index in [0.29, 0.717) is 26.7 Å². The molecule has 0 amide bonds. The number of rotatable bonds is 3. The summed E-state index contributed by atoms with van der Waals surface area (Å²) in [5.74, 6) is 0. The van der Waals surface area contributed by atoms with Crippen LogP contribution in [0.1, 0.15) is 0 Å². The number of aromatic nitrogens is 1. The van der Waals surface area contributed by atoms with E-state index in [1.165, 1.54) is 0 Å². The quantitative estimate of drug-likeness (QED) is 0.232. The summed E-state index contributed by atoms with van der Waals surface area (Å²) in [7, 11) is 0. The molecular formula is C24H14Cl2N2O2. The molecule has 5 aromatic rings. The number of halogens is 2. The Hall–Kier alpha value is -3.34. The third kappa shape index (κ3) is 3.02. The number of nitrogens with one attached hydrogen (secondary N) is 1. The SMILES string of the molecule is O=[N+]([O-])c1cc(-c2cccc(Cl)c2)c2c([nH]c3ccccc32)c1-c1cccc(Cl)c1. The topological polar surface area (TPSA) is 58.9 Å². The second-order valence-electron chi connectivity index (χ2n) is 7.02. The Labute approximate surface area is 181 Å². The lowest BCUT2D eigenvalue weighted by atomic mass is 9.93. The molecule has 0 aliphatic carbocycles. The van der Waals surface area contributed by atoms with Crippen molar-refractivity contribution in [2.45, 2.75) is 0 Å². The Morgan fingerprint density at radius 3 is 2.17 bits per heavy atom. The summed E-state index contributed by atoms with van der Waals surface area (Å²) in [5, 5.41) is 15.1. The molecule has 1 heterocycles. The number of para-hydroxylation sites is 1. The molecule has 0 spiro atoms. The van der Waals surface area contributed by atoms with Crippen LogP contribution in [0.15, 0.2) is 78.9 Å². The molecule has 0 fully saturated rings. The van der Waals surface area contributed by atoms with Gasteiger partial charge >= 0.3 is 0 Å². The van der Waals surface area contributed by atoms with Gasteiger partial charge < -0.3 is 4.98 Å². The first-order valence-electron chi connectivity index (χ1n) is 9.26. The van der Waals surface area contributed by atoms with E-state index in [2.05, 4.69) is 4.98 Å². The van der Waals surface area contributed by atoms with E-state index in [-0.39, 0.29) is 10.6 Å². The van der Waals surface area contributed by atoms with Crippen molar-refractivity contribution in [2.24, 2.45) is 0 Å². The van der Waals surface area contributed by atoms with Gasteiger partial charge in [0, 0.05) is 32.4 Å². The van der Waals surface area contributed by atoms with Crippen LogP contribution >= 0.6 is 23.2 Å². The van der Waals surface area contributed by atoms with Gasteiger partial charge in [0.2, 0.25) is 0 Å². The molecule has 4 aromatic carbocycles. The molecule has 0 aliphatic rings. The van der Waals surface area contributed by atoms with Crippen LogP contribution in [0.3, 0.4) is 0 Å². The second kappa shape index (κ2) is 7.17. The molecule has 0 saturated carbocycles. The van der Waals surface area contributed by atoms with Gasteiger partial charge in [-0.25, -0.2) is 0 Å². The summed E-state index contributed by atoms with van der Waals surface area (Å²) >= 11 is 12.4. The molecule has 6 heteroatoms. The van der Waals surface area contributed by atoms with Crippen LogP contribution in [0.5, 0.6) is 0 Å². The van der Waals surface area contributed by atoms with Crippen LogP contribution in [-0.2, 0) is 0 Å². The van der Waals surface area contributed by atoms with Crippen molar-refractivity contribution >= 4 is 50.7 Å². The van der Waals surface area contributed by atoms with Gasteiger partial charge in [-0.15, -0.1) is 0 Å². The van der Waals surface area contributed by atoms with Gasteiger partial charge in [0.25, 0.3) is 5.69 Å². The first-order valence-corrected chi connectivity index (χ1v) is 10.0. The normalized spacial score (nSPS) is 11.3. The van der Waals surface area contributed by atoms with Gasteiger partial charge in [-0.2, -0.15) is 0 Å². The molecule has 1 N–H and O–H groups in total. The minimum atomic E-state index is -0.352. The molecule has 4 nitrogen and oxygen atoms in total. The van der Waals surface area contributed by atoms with E-state index in [4.69, 9.17) is 23.2 Å². The molecule has 0 radical (unpaired) electrons. The summed E-state index contributed by atoms with van der Waals surface area (Å²) in [6.45, 7) is 0. The second-order valence-corrected chi connectivity index (χ2v) is 7.89. The standard InChI is InChI=1S/C24H14Cl2N2O2/c25-16-7-3-5-14(11-16)19-13-21(28(29)30)22(15-6-4-8-17(26)12-15)24-23(19)18-9-1-2-10-20(18)27-24/h1-13,27H. The lowest BCUT2D eigenvalue weighted by molar-refractivity contribution is -0.384. The molecular weight excluding hydrogens is 419 g/mol. The number of benzene rings is 4. The molecule has 0 unspecified atom stereocenters. The van der Waals surface area contributed by atoms with Gasteiger partial charge in [-0.3, -0.25) is 10.1 Å². The maximum absolute atomic E-state index is 12.1. The fourth-order valence-corrected chi connectivity index (χ4v) is 4.36. The largest absolute Gasteiger partial charge is 0.354 e. The number of hydrogen-bond donors (Lipinski definition) is 1. The van der Waals surface area contributed by atoms with Crippen molar-refractivity contribution in [2.75, 3.05) is 0 Å². The number of aromatic amines is 1. The van der Waals surface area contributed by atoms with E-state index in [1.54, 1.807) is 30.3 Å². The number of fused-ring (bicyclic) bond motifs is 3. The highest BCUT2D eigenvalue weighted by atomic mass is 35.5. The Morgan fingerprint density at radius 2 is 1.47 bits per heavy atom. The molecule has 0 atom stereocenters. The fraction of sp³-hybridized carbons (Fsp3) is 0. The molecule has 5 rings (SSSR count). The zero-order valence-corrected chi connectivity index (χ0v) is 17.0. The summed E-state index contributed by atoms with van der Waals surface area (Å²) in [6, 6.07) is 24.0. The average Bonchev–Trinajstić information content (AvgIpc) is 3.12. The monoisotopic (exact) mass is 432 g/mol. The minimum Gasteiger partial charge on any atom is -0.354 e. The van der Waals surface area contributed by atoms with Gasteiger partial charge in [-0.05, 0) is 47.0 Å². The maximum Gasteiger partial charge on any atom is 0.279 e. The number of nitro benzene ring substituents is 1. The Kier molecular flexibility index (Phi) is 4.46. The van der Waals surface area contributed by atoms with E-state index < -0.39 is 0 Å². The van der Waals surface area contributed by atoms with Crippen LogP contribution in [0, 0.1) is 10.1 Å². The van der Waals surface area contributed by atoms with Gasteiger partial charge in [0.05, 0.1) is 16.0 Å². The number of hydrogen-bond acceptors (Lipinski definition) is 2. The van der Waals surface area contributed by atoms with Crippen molar-refractivity contribution in [3.05, 3.63) is 99.0 Å². The Balaban J connectivity index is 2.00. The van der Waals surface area contributed by atoms with Gasteiger partial charge in [0.1, 0.15) is 0 Å². The molecule has 146 valence electrons. The zero-order valence-electron chi connectivity index (χ0n) is 15.5. The van der Waals surface area contributed by atoms with Crippen LogP contribution in [-0.4, -0.2) is 9.91 Å². The predicted octanol–water partition coefficient (Wildman–Crippen LogP) is 7.87. The summed E-state index contributed by atoms with van der Waals surface area (Å²) in [4.78, 5) is 15.2. The Morgan fingerprint density at radius 1 is 0.800 bits per heavy atom. The molecule has 1 aromatic heterocycles. The van der Waals surface area contributed by atoms with E-state index >= 15 is 0 Å². The first kappa shape index (κ1) is 18.7. The highest BCUT2D eigenvalue weighted by Crippen LogP contribution is 2.45. The smallest absolute Gasteiger partial charge is 0.279 e. The third-order valence-electron chi connectivity index (χ3n) is 5.21. The van der Waals surface area contributed by atoms with Gasteiger partial charge in [-0.1, -0.05) is 65.7 Å². The van der Waals surface area contributed by atoms with Crippen LogP contribution in [0.2, 0.25) is 10.0 Å². The highest BCUT2D eigenvalue weighted by molar-refractivity contribution is 6.31. The molecule has 0 bridgehead atoms. The number of H-pyrrole nitrogens is 1. The zero-order chi connectivity index (χ0) is 20.8. The van der Waals surface area contributed by atoms with Gasteiger partial charge in [0.15, 0.2) is 0 Å². The highest BCUT2D eigenvalue weighted by Gasteiger charge is 2.25. The summed E-state index contributed by atoms with van der Waals surface area (Å²) in [6.07, 6.45) is 0. The summed E-state index contributed by atoms with van der Waals surface area (Å²) in [5.41, 5.74) is 4.37. The number of nitrogens with zero attached hydrogens (tertiary/aromatic N) is 1. The fourth-order valence-electron chi connectivity index (χ4n) is 3.98. The molecule has 0 aliphatic heterocycles. The molecule has 0 saturated heterocycles. The van der Waals surface area contributed by atoms with Crippen molar-refractivity contribution < 1.29 is 4.92 Å². The first-order chi connectivity index (χ1) is 14.5. The van der Waals surface area contributed by atoms with Crippen molar-refractivity contribution in [3.8, 4) is 22.3 Å². The van der Waals surface area contributed by atoms with E-state index in [9.17, 15) is 10.1 Å². The van der Waals surface area contributed by atoms with Crippen LogP contribution in [0.25, 0.3) is 44.1 Å². The van der Waals surface area contributed by atoms with E-state index in [1.807, 2.05) is 48.5 Å². The van der Waals surface area contributed by atoms with E-state index in [0.717, 1.165) is 27.4 Å². The van der Waals surface area contributed by atoms with Crippen molar-refractivity contribution in [1.82, 2.24) is 4.98 Å². The van der Waals surface area contributed by atoms with Crippen molar-refractivity contribution in [1.29, 1.82) is 0 Å². The maximum atomic E-state index is 12.1. The predicted molar refractivity (Wildman–Crippen MR) is 123 cm³/mol. The van der Waals surface area contributed by atoms with Crippen LogP contribution < -0.4 is 0 Å². The number of nitro groups is 1. The minimum absolute atomic E-state index is 0.00583. The Bertz CT molecular complexity index is 1460. The van der Waals surface area contributed by atoms with Crippen LogP contribution in [0.4, 0.5) is 5.69 Å². The lowest BCUT2D eigenvalue weighted by Crippen LogP contribution is -1.95. The average molecular weight is 433 g/mol. The third-order valence-corrected chi connectivity index (χ3v) is 5.68. The molecule has 30 heavy (non-hydrogen) atoms.